The molecule has 0 aromatic heterocycles. The number of nitro groups is 1. The van der Waals surface area contributed by atoms with Crippen molar-refractivity contribution in [2.24, 2.45) is 5.16 Å². The summed E-state index contributed by atoms with van der Waals surface area (Å²) in [5.41, 5.74) is 0.847. The van der Waals surface area contributed by atoms with Gasteiger partial charge in [0.25, 0.3) is 11.6 Å². The molecule has 0 bridgehead atoms. The van der Waals surface area contributed by atoms with Gasteiger partial charge in [-0.1, -0.05) is 17.3 Å². The SMILES string of the molecule is O=C([C@H]1CC(c2ccccc2[N+](=O)[O-])=NO1)N1CCC1. The Hall–Kier alpha value is -2.44. The second-order valence-electron chi connectivity index (χ2n) is 4.79. The Bertz CT molecular complexity index is 595. The Morgan fingerprint density at radius 3 is 2.80 bits per heavy atom. The van der Waals surface area contributed by atoms with E-state index < -0.39 is 11.0 Å². The van der Waals surface area contributed by atoms with Crippen LogP contribution in [0.3, 0.4) is 0 Å². The molecule has 1 atom stereocenters. The Morgan fingerprint density at radius 2 is 2.15 bits per heavy atom. The van der Waals surface area contributed by atoms with Gasteiger partial charge in [0, 0.05) is 25.6 Å². The normalized spacial score (nSPS) is 20.9. The number of nitro benzene ring substituents is 1. The Kier molecular flexibility index (Phi) is 3.09. The van der Waals surface area contributed by atoms with E-state index in [4.69, 9.17) is 4.84 Å². The van der Waals surface area contributed by atoms with E-state index >= 15 is 0 Å². The smallest absolute Gasteiger partial charge is 0.278 e. The van der Waals surface area contributed by atoms with Crippen LogP contribution in [0.15, 0.2) is 29.4 Å². The van der Waals surface area contributed by atoms with Crippen LogP contribution in [-0.4, -0.2) is 40.6 Å². The number of nitrogens with zero attached hydrogens (tertiary/aromatic N) is 3. The van der Waals surface area contributed by atoms with Crippen molar-refractivity contribution in [2.45, 2.75) is 18.9 Å². The summed E-state index contributed by atoms with van der Waals surface area (Å²) in [6.45, 7) is 1.50. The van der Waals surface area contributed by atoms with Gasteiger partial charge in [0.1, 0.15) is 0 Å². The zero-order chi connectivity index (χ0) is 14.1. The maximum Gasteiger partial charge on any atom is 0.278 e. The molecule has 20 heavy (non-hydrogen) atoms. The van der Waals surface area contributed by atoms with Gasteiger partial charge < -0.3 is 9.74 Å². The first kappa shape index (κ1) is 12.6. The third-order valence-electron chi connectivity index (χ3n) is 3.52. The third-order valence-corrected chi connectivity index (χ3v) is 3.52. The van der Waals surface area contributed by atoms with E-state index in [1.165, 1.54) is 6.07 Å². The lowest BCUT2D eigenvalue weighted by atomic mass is 10.0. The van der Waals surface area contributed by atoms with Crippen LogP contribution in [-0.2, 0) is 9.63 Å². The fourth-order valence-electron chi connectivity index (χ4n) is 2.29. The number of carbonyl (C=O) groups is 1. The minimum Gasteiger partial charge on any atom is -0.382 e. The van der Waals surface area contributed by atoms with Gasteiger partial charge in [-0.3, -0.25) is 14.9 Å². The standard InChI is InChI=1S/C13H13N3O4/c17-13(15-6-3-7-15)12-8-10(14-20-12)9-4-1-2-5-11(9)16(18)19/h1-2,4-5,12H,3,6-8H2/t12-/m1/s1. The number of benzene rings is 1. The van der Waals surface area contributed by atoms with Crippen LogP contribution in [0.25, 0.3) is 0 Å². The molecule has 0 aliphatic carbocycles. The van der Waals surface area contributed by atoms with Crippen molar-refractivity contribution >= 4 is 17.3 Å². The van der Waals surface area contributed by atoms with Crippen LogP contribution < -0.4 is 0 Å². The lowest BCUT2D eigenvalue weighted by Crippen LogP contribution is -2.47. The molecule has 1 aromatic carbocycles. The number of oxime groups is 1. The van der Waals surface area contributed by atoms with Crippen molar-refractivity contribution in [3.63, 3.8) is 0 Å². The molecule has 1 saturated heterocycles. The number of rotatable bonds is 3. The first-order chi connectivity index (χ1) is 9.66. The molecule has 2 aliphatic rings. The van der Waals surface area contributed by atoms with Gasteiger partial charge in [0.15, 0.2) is 0 Å². The fraction of sp³-hybridized carbons (Fsp3) is 0.385. The molecule has 0 spiro atoms. The van der Waals surface area contributed by atoms with Crippen molar-refractivity contribution in [3.8, 4) is 0 Å². The van der Waals surface area contributed by atoms with E-state index in [-0.39, 0.29) is 18.0 Å². The molecule has 2 aliphatic heterocycles. The van der Waals surface area contributed by atoms with Crippen molar-refractivity contribution in [1.29, 1.82) is 0 Å². The second-order valence-corrected chi connectivity index (χ2v) is 4.79. The van der Waals surface area contributed by atoms with Gasteiger partial charge in [-0.25, -0.2) is 0 Å². The molecule has 1 fully saturated rings. The summed E-state index contributed by atoms with van der Waals surface area (Å²) in [7, 11) is 0. The molecule has 7 heteroatoms. The second kappa shape index (κ2) is 4.92. The van der Waals surface area contributed by atoms with Crippen LogP contribution in [0, 0.1) is 10.1 Å². The summed E-state index contributed by atoms with van der Waals surface area (Å²) in [6.07, 6.45) is 0.640. The van der Waals surface area contributed by atoms with Gasteiger partial charge >= 0.3 is 0 Å². The number of carbonyl (C=O) groups excluding carboxylic acids is 1. The van der Waals surface area contributed by atoms with Crippen molar-refractivity contribution in [1.82, 2.24) is 4.90 Å². The predicted molar refractivity (Wildman–Crippen MR) is 70.3 cm³/mol. The molecule has 7 nitrogen and oxygen atoms in total. The zero-order valence-corrected chi connectivity index (χ0v) is 10.7. The van der Waals surface area contributed by atoms with Crippen LogP contribution in [0.2, 0.25) is 0 Å². The lowest BCUT2D eigenvalue weighted by molar-refractivity contribution is -0.385. The minimum absolute atomic E-state index is 0.0214. The molecular weight excluding hydrogens is 262 g/mol. The molecule has 1 amide bonds. The maximum atomic E-state index is 12.0. The molecule has 104 valence electrons. The first-order valence-electron chi connectivity index (χ1n) is 6.42. The largest absolute Gasteiger partial charge is 0.382 e. The average Bonchev–Trinajstić information content (AvgIpc) is 2.86. The third kappa shape index (κ3) is 2.11. The van der Waals surface area contributed by atoms with Crippen molar-refractivity contribution in [2.75, 3.05) is 13.1 Å². The summed E-state index contributed by atoms with van der Waals surface area (Å²) in [4.78, 5) is 29.4. The van der Waals surface area contributed by atoms with Gasteiger partial charge in [-0.2, -0.15) is 0 Å². The van der Waals surface area contributed by atoms with Gasteiger partial charge in [-0.05, 0) is 12.5 Å². The number of hydrogen-bond acceptors (Lipinski definition) is 5. The fourth-order valence-corrected chi connectivity index (χ4v) is 2.29. The summed E-state index contributed by atoms with van der Waals surface area (Å²) < 4.78 is 0. The van der Waals surface area contributed by atoms with Crippen LogP contribution >= 0.6 is 0 Å². The molecular formula is C13H13N3O4. The van der Waals surface area contributed by atoms with E-state index in [1.54, 1.807) is 23.1 Å². The highest BCUT2D eigenvalue weighted by atomic mass is 16.6. The molecule has 2 heterocycles. The monoisotopic (exact) mass is 275 g/mol. The van der Waals surface area contributed by atoms with Crippen molar-refractivity contribution < 1.29 is 14.6 Å². The first-order valence-corrected chi connectivity index (χ1v) is 6.42. The number of likely N-dealkylation sites (tertiary alicyclic amines) is 1. The van der Waals surface area contributed by atoms with Gasteiger partial charge in [0.05, 0.1) is 16.2 Å². The quantitative estimate of drug-likeness (QED) is 0.615. The molecule has 0 radical (unpaired) electrons. The summed E-state index contributed by atoms with van der Waals surface area (Å²) in [6, 6.07) is 6.34. The number of para-hydroxylation sites is 1. The Morgan fingerprint density at radius 1 is 1.40 bits per heavy atom. The van der Waals surface area contributed by atoms with E-state index in [9.17, 15) is 14.9 Å². The summed E-state index contributed by atoms with van der Waals surface area (Å²) >= 11 is 0. The Labute approximate surface area is 115 Å². The lowest BCUT2D eigenvalue weighted by Gasteiger charge is -2.32. The highest BCUT2D eigenvalue weighted by Gasteiger charge is 2.35. The van der Waals surface area contributed by atoms with Gasteiger partial charge in [-0.15, -0.1) is 0 Å². The average molecular weight is 275 g/mol. The number of amides is 1. The van der Waals surface area contributed by atoms with E-state index in [0.29, 0.717) is 11.3 Å². The van der Waals surface area contributed by atoms with Crippen LogP contribution in [0.1, 0.15) is 18.4 Å². The van der Waals surface area contributed by atoms with Crippen LogP contribution in [0.4, 0.5) is 5.69 Å². The molecule has 0 saturated carbocycles. The molecule has 1 aromatic rings. The Balaban J connectivity index is 1.77. The summed E-state index contributed by atoms with van der Waals surface area (Å²) in [5, 5.41) is 14.8. The van der Waals surface area contributed by atoms with E-state index in [2.05, 4.69) is 5.16 Å². The summed E-state index contributed by atoms with van der Waals surface area (Å²) in [5.74, 6) is -0.0893. The molecule has 3 rings (SSSR count). The molecule has 0 N–H and O–H groups in total. The van der Waals surface area contributed by atoms with Gasteiger partial charge in [0.2, 0.25) is 6.10 Å². The van der Waals surface area contributed by atoms with Crippen molar-refractivity contribution in [3.05, 3.63) is 39.9 Å². The predicted octanol–water partition coefficient (Wildman–Crippen LogP) is 1.32. The maximum absolute atomic E-state index is 12.0. The van der Waals surface area contributed by atoms with E-state index in [1.807, 2.05) is 0 Å². The topological polar surface area (TPSA) is 85.0 Å². The highest BCUT2D eigenvalue weighted by molar-refractivity contribution is 6.06. The highest BCUT2D eigenvalue weighted by Crippen LogP contribution is 2.25. The minimum atomic E-state index is -0.648. The van der Waals surface area contributed by atoms with E-state index in [0.717, 1.165) is 19.5 Å². The molecule has 0 unspecified atom stereocenters. The zero-order valence-electron chi connectivity index (χ0n) is 10.7. The van der Waals surface area contributed by atoms with Crippen LogP contribution in [0.5, 0.6) is 0 Å². The number of hydrogen-bond donors (Lipinski definition) is 0.